The van der Waals surface area contributed by atoms with Gasteiger partial charge in [0, 0.05) is 6.42 Å². The van der Waals surface area contributed by atoms with Gasteiger partial charge in [-0.25, -0.2) is 0 Å². The molecule has 12 atom stereocenters. The Morgan fingerprint density at radius 2 is 0.853 bits per heavy atom. The second kappa shape index (κ2) is 47.1. The number of ether oxygens (including phenoxy) is 4. The Kier molecular flexibility index (Phi) is 43.5. The van der Waals surface area contributed by atoms with E-state index in [1.807, 2.05) is 6.08 Å². The van der Waals surface area contributed by atoms with Crippen molar-refractivity contribution < 1.29 is 64.6 Å². The molecule has 440 valence electrons. The molecule has 0 aromatic heterocycles. The molecule has 2 aliphatic rings. The number of carbonyl (C=O) groups is 1. The van der Waals surface area contributed by atoms with Gasteiger partial charge in [-0.15, -0.1) is 0 Å². The summed E-state index contributed by atoms with van der Waals surface area (Å²) in [6.07, 6.45) is 40.4. The van der Waals surface area contributed by atoms with E-state index < -0.39 is 86.8 Å². The van der Waals surface area contributed by atoms with Crippen molar-refractivity contribution in [2.45, 2.75) is 325 Å². The van der Waals surface area contributed by atoms with Gasteiger partial charge in [0.25, 0.3) is 0 Å². The Morgan fingerprint density at radius 1 is 0.467 bits per heavy atom. The quantitative estimate of drug-likeness (QED) is 0.0204. The van der Waals surface area contributed by atoms with Gasteiger partial charge < -0.3 is 65.1 Å². The fraction of sp³-hybridized carbons (Fsp3) is 0.885. The lowest BCUT2D eigenvalue weighted by atomic mass is 9.97. The summed E-state index contributed by atoms with van der Waals surface area (Å²) in [7, 11) is 0. The molecule has 0 radical (unpaired) electrons. The van der Waals surface area contributed by atoms with Crippen LogP contribution in [0.5, 0.6) is 0 Å². The minimum Gasteiger partial charge on any atom is -0.394 e. The van der Waals surface area contributed by atoms with Crippen LogP contribution >= 0.6 is 0 Å². The van der Waals surface area contributed by atoms with Crippen LogP contribution in [0.3, 0.4) is 0 Å². The van der Waals surface area contributed by atoms with Crippen LogP contribution in [-0.2, 0) is 23.7 Å². The summed E-state index contributed by atoms with van der Waals surface area (Å²) in [4.78, 5) is 13.3. The molecule has 0 aromatic carbocycles. The number of aliphatic hydroxyl groups excluding tert-OH is 8. The lowest BCUT2D eigenvalue weighted by Crippen LogP contribution is -2.65. The predicted octanol–water partition coefficient (Wildman–Crippen LogP) is 10.6. The van der Waals surface area contributed by atoms with Gasteiger partial charge in [-0.1, -0.05) is 237 Å². The highest BCUT2D eigenvalue weighted by Crippen LogP contribution is 2.30. The zero-order valence-corrected chi connectivity index (χ0v) is 47.3. The number of unbranched alkanes of at least 4 members (excludes halogenated alkanes) is 32. The lowest BCUT2D eigenvalue weighted by molar-refractivity contribution is -0.359. The summed E-state index contributed by atoms with van der Waals surface area (Å²) >= 11 is 0. The van der Waals surface area contributed by atoms with Crippen LogP contribution < -0.4 is 5.32 Å². The zero-order chi connectivity index (χ0) is 54.6. The molecular formula is C61H113NO13. The van der Waals surface area contributed by atoms with Gasteiger partial charge in [0.1, 0.15) is 48.8 Å². The molecule has 2 fully saturated rings. The third-order valence-electron chi connectivity index (χ3n) is 15.1. The Bertz CT molecular complexity index is 1400. The summed E-state index contributed by atoms with van der Waals surface area (Å²) < 4.78 is 22.8. The average molecular weight is 1070 g/mol. The van der Waals surface area contributed by atoms with Crippen molar-refractivity contribution in [2.75, 3.05) is 19.8 Å². The third-order valence-corrected chi connectivity index (χ3v) is 15.1. The first-order chi connectivity index (χ1) is 36.6. The van der Waals surface area contributed by atoms with Crippen LogP contribution in [0.15, 0.2) is 36.5 Å². The van der Waals surface area contributed by atoms with E-state index in [-0.39, 0.29) is 18.9 Å². The highest BCUT2D eigenvalue weighted by molar-refractivity contribution is 5.76. The zero-order valence-electron chi connectivity index (χ0n) is 47.3. The van der Waals surface area contributed by atoms with Gasteiger partial charge in [-0.05, 0) is 44.9 Å². The molecule has 2 heterocycles. The van der Waals surface area contributed by atoms with Crippen LogP contribution in [0.4, 0.5) is 0 Å². The number of nitrogens with one attached hydrogen (secondary N) is 1. The first-order valence-electron chi connectivity index (χ1n) is 30.7. The number of hydrogen-bond donors (Lipinski definition) is 9. The van der Waals surface area contributed by atoms with Crippen molar-refractivity contribution in [3.05, 3.63) is 36.5 Å². The van der Waals surface area contributed by atoms with Crippen LogP contribution in [0, 0.1) is 0 Å². The highest BCUT2D eigenvalue weighted by Gasteiger charge is 2.51. The van der Waals surface area contributed by atoms with Gasteiger partial charge in [-0.2, -0.15) is 0 Å². The Balaban J connectivity index is 1.78. The summed E-state index contributed by atoms with van der Waals surface area (Å²) in [5, 5.41) is 87.1. The van der Waals surface area contributed by atoms with Crippen molar-refractivity contribution in [3.63, 3.8) is 0 Å². The maximum atomic E-state index is 13.3. The number of carbonyl (C=O) groups excluding carboxylic acids is 1. The topological polar surface area (TPSA) is 228 Å². The fourth-order valence-corrected chi connectivity index (χ4v) is 10.1. The van der Waals surface area contributed by atoms with Gasteiger partial charge in [0.15, 0.2) is 12.6 Å². The monoisotopic (exact) mass is 1070 g/mol. The number of rotatable bonds is 49. The predicted molar refractivity (Wildman–Crippen MR) is 300 cm³/mol. The first kappa shape index (κ1) is 69.3. The summed E-state index contributed by atoms with van der Waals surface area (Å²) in [6.45, 7) is 2.80. The molecule has 14 heteroatoms. The van der Waals surface area contributed by atoms with Crippen molar-refractivity contribution in [3.8, 4) is 0 Å². The van der Waals surface area contributed by atoms with E-state index in [1.54, 1.807) is 6.08 Å². The molecule has 75 heavy (non-hydrogen) atoms. The van der Waals surface area contributed by atoms with Crippen molar-refractivity contribution in [2.24, 2.45) is 0 Å². The van der Waals surface area contributed by atoms with E-state index in [9.17, 15) is 45.6 Å². The Morgan fingerprint density at radius 3 is 1.31 bits per heavy atom. The normalized spacial score (nSPS) is 25.3. The minimum atomic E-state index is -1.79. The molecule has 9 N–H and O–H groups in total. The van der Waals surface area contributed by atoms with E-state index in [4.69, 9.17) is 18.9 Å². The molecule has 0 bridgehead atoms. The molecule has 14 nitrogen and oxygen atoms in total. The SMILES string of the molecule is CCCCCCCCCCCCC/C=C/CC/C=C/CC/C=C/C(O)C(COC1OC(CO)C(OC2OC(CO)C(O)C(O)C2O)C(O)C1O)NC(=O)CCCCCCCCCCCCCCCCCCCCCC. The van der Waals surface area contributed by atoms with Crippen LogP contribution in [-0.4, -0.2) is 140 Å². The summed E-state index contributed by atoms with van der Waals surface area (Å²) in [5.41, 5.74) is 0. The van der Waals surface area contributed by atoms with E-state index >= 15 is 0 Å². The lowest BCUT2D eigenvalue weighted by Gasteiger charge is -2.46. The largest absolute Gasteiger partial charge is 0.394 e. The van der Waals surface area contributed by atoms with Crippen LogP contribution in [0.1, 0.15) is 251 Å². The summed E-state index contributed by atoms with van der Waals surface area (Å²) in [5.74, 6) is -0.249. The van der Waals surface area contributed by atoms with Crippen LogP contribution in [0.2, 0.25) is 0 Å². The maximum absolute atomic E-state index is 13.3. The van der Waals surface area contributed by atoms with Gasteiger partial charge in [0.05, 0.1) is 32.0 Å². The molecule has 0 aliphatic carbocycles. The van der Waals surface area contributed by atoms with E-state index in [1.165, 1.54) is 173 Å². The second-order valence-electron chi connectivity index (χ2n) is 21.8. The molecule has 12 unspecified atom stereocenters. The van der Waals surface area contributed by atoms with Crippen molar-refractivity contribution >= 4 is 5.91 Å². The molecule has 2 rings (SSSR count). The summed E-state index contributed by atoms with van der Waals surface area (Å²) in [6, 6.07) is -0.935. The van der Waals surface area contributed by atoms with Gasteiger partial charge >= 0.3 is 0 Å². The average Bonchev–Trinajstić information content (AvgIpc) is 3.41. The van der Waals surface area contributed by atoms with E-state index in [0.717, 1.165) is 44.9 Å². The van der Waals surface area contributed by atoms with E-state index in [0.29, 0.717) is 12.8 Å². The second-order valence-corrected chi connectivity index (χ2v) is 21.8. The first-order valence-corrected chi connectivity index (χ1v) is 30.7. The molecular weight excluding hydrogens is 955 g/mol. The highest BCUT2D eigenvalue weighted by atomic mass is 16.7. The van der Waals surface area contributed by atoms with Gasteiger partial charge in [0.2, 0.25) is 5.91 Å². The van der Waals surface area contributed by atoms with Crippen LogP contribution in [0.25, 0.3) is 0 Å². The minimum absolute atomic E-state index is 0.249. The number of allylic oxidation sites excluding steroid dienone is 5. The third kappa shape index (κ3) is 32.8. The van der Waals surface area contributed by atoms with Gasteiger partial charge in [-0.3, -0.25) is 4.79 Å². The van der Waals surface area contributed by atoms with E-state index in [2.05, 4.69) is 43.5 Å². The molecule has 0 saturated carbocycles. The maximum Gasteiger partial charge on any atom is 0.220 e. The number of hydrogen-bond acceptors (Lipinski definition) is 13. The smallest absolute Gasteiger partial charge is 0.220 e. The molecule has 0 spiro atoms. The molecule has 0 aromatic rings. The Labute approximate surface area is 455 Å². The molecule has 2 saturated heterocycles. The number of aliphatic hydroxyl groups is 8. The van der Waals surface area contributed by atoms with Crippen molar-refractivity contribution in [1.82, 2.24) is 5.32 Å². The van der Waals surface area contributed by atoms with Crippen molar-refractivity contribution in [1.29, 1.82) is 0 Å². The number of amides is 1. The molecule has 2 aliphatic heterocycles. The standard InChI is InChI=1S/C61H113NO13/c1-3-5-7-9-11-13-15-17-19-21-23-25-26-28-30-32-34-36-38-40-42-44-50(65)49(62-53(66)45-43-41-39-37-35-33-31-29-27-24-22-20-18-16-14-12-10-8-6-4-2)48-72-60-58(71)56(69)59(52(47-64)74-60)75-61-57(70)55(68)54(67)51(46-63)73-61/h26,28,34,36,42,44,49-52,54-61,63-65,67-71H,3-25,27,29-33,35,37-41,43,45-48H2,1-2H3,(H,62,66)/b28-26+,36-34+,44-42+. The molecule has 1 amide bonds. The fourth-order valence-electron chi connectivity index (χ4n) is 10.1. The Hall–Kier alpha value is -1.79.